The molecule has 2 unspecified atom stereocenters. The van der Waals surface area contributed by atoms with Gasteiger partial charge >= 0.3 is 0 Å². The fourth-order valence-electron chi connectivity index (χ4n) is 5.05. The zero-order chi connectivity index (χ0) is 22.9. The number of nitrogens with zero attached hydrogens (tertiary/aromatic N) is 2. The molecule has 2 heterocycles. The van der Waals surface area contributed by atoms with E-state index in [9.17, 15) is 4.39 Å². The Morgan fingerprint density at radius 1 is 1.00 bits per heavy atom. The highest BCUT2D eigenvalue weighted by atomic mass is 19.1. The van der Waals surface area contributed by atoms with Crippen LogP contribution in [0, 0.1) is 5.82 Å². The van der Waals surface area contributed by atoms with Gasteiger partial charge in [-0.3, -0.25) is 0 Å². The summed E-state index contributed by atoms with van der Waals surface area (Å²) in [6, 6.07) is 22.5. The molecule has 0 fully saturated rings. The van der Waals surface area contributed by atoms with Crippen LogP contribution >= 0.6 is 0 Å². The molecule has 1 aliphatic heterocycles. The largest absolute Gasteiger partial charge is 0.368 e. The van der Waals surface area contributed by atoms with Gasteiger partial charge in [-0.2, -0.15) is 0 Å². The highest BCUT2D eigenvalue weighted by molar-refractivity contribution is 5.85. The van der Waals surface area contributed by atoms with Gasteiger partial charge in [0.1, 0.15) is 5.82 Å². The van der Waals surface area contributed by atoms with Crippen molar-refractivity contribution in [3.8, 4) is 11.1 Å². The zero-order valence-corrected chi connectivity index (χ0v) is 19.6. The number of aryl methyl sites for hydroxylation is 1. The number of aromatic nitrogens is 1. The first-order valence-electron chi connectivity index (χ1n) is 11.8. The second kappa shape index (κ2) is 9.12. The lowest BCUT2D eigenvalue weighted by atomic mass is 9.85. The van der Waals surface area contributed by atoms with Crippen LogP contribution in [0.5, 0.6) is 0 Å². The Hall–Kier alpha value is -2.95. The first-order valence-corrected chi connectivity index (χ1v) is 11.8. The quantitative estimate of drug-likeness (QED) is 0.314. The van der Waals surface area contributed by atoms with Crippen LogP contribution < -0.4 is 0 Å². The molecule has 0 N–H and O–H groups in total. The molecule has 5 rings (SSSR count). The maximum atomic E-state index is 13.6. The molecular formula is C29H31FN2O. The summed E-state index contributed by atoms with van der Waals surface area (Å²) in [5.74, 6) is -0.0148. The second-order valence-corrected chi connectivity index (χ2v) is 9.27. The Balaban J connectivity index is 1.46. The zero-order valence-electron chi connectivity index (χ0n) is 19.6. The summed E-state index contributed by atoms with van der Waals surface area (Å²) in [5.41, 5.74) is 7.35. The van der Waals surface area contributed by atoms with Gasteiger partial charge in [-0.05, 0) is 98.2 Å². The minimum atomic E-state index is -0.200. The van der Waals surface area contributed by atoms with Crippen LogP contribution in [0.25, 0.3) is 22.0 Å². The number of halogens is 1. The molecule has 0 saturated carbocycles. The summed E-state index contributed by atoms with van der Waals surface area (Å²) in [5, 5.41) is 1.27. The lowest BCUT2D eigenvalue weighted by Gasteiger charge is -2.26. The van der Waals surface area contributed by atoms with Gasteiger partial charge in [0, 0.05) is 29.6 Å². The van der Waals surface area contributed by atoms with Crippen molar-refractivity contribution in [3.63, 3.8) is 0 Å². The maximum Gasteiger partial charge on any atom is 0.123 e. The monoisotopic (exact) mass is 442 g/mol. The van der Waals surface area contributed by atoms with Crippen molar-refractivity contribution in [3.05, 3.63) is 95.4 Å². The molecule has 3 nitrogen and oxygen atoms in total. The minimum Gasteiger partial charge on any atom is -0.368 e. The summed E-state index contributed by atoms with van der Waals surface area (Å²) in [6.45, 7) is 4.71. The van der Waals surface area contributed by atoms with Gasteiger partial charge in [0.25, 0.3) is 0 Å². The van der Waals surface area contributed by atoms with Gasteiger partial charge in [-0.15, -0.1) is 0 Å². The van der Waals surface area contributed by atoms with Crippen LogP contribution in [-0.4, -0.2) is 30.1 Å². The average Bonchev–Trinajstić information content (AvgIpc) is 3.43. The van der Waals surface area contributed by atoms with Gasteiger partial charge in [0.15, 0.2) is 0 Å². The molecule has 1 aliphatic rings. The van der Waals surface area contributed by atoms with Gasteiger partial charge in [0.05, 0.1) is 12.7 Å². The lowest BCUT2D eigenvalue weighted by Crippen LogP contribution is -2.19. The van der Waals surface area contributed by atoms with Gasteiger partial charge in [-0.25, -0.2) is 4.39 Å². The summed E-state index contributed by atoms with van der Waals surface area (Å²) in [4.78, 5) is 2.19. The smallest absolute Gasteiger partial charge is 0.123 e. The third-order valence-electron chi connectivity index (χ3n) is 6.86. The van der Waals surface area contributed by atoms with E-state index in [1.165, 1.54) is 33.2 Å². The predicted octanol–water partition coefficient (Wildman–Crippen LogP) is 6.77. The molecule has 2 atom stereocenters. The summed E-state index contributed by atoms with van der Waals surface area (Å²) >= 11 is 0. The standard InChI is InChI=1S/C29H31FN2O/c1-4-32-16-13-23-17-22(8-12-28(23)32)21-7-11-26-24(18-21)19-33-29(26)27(14-15-31(2)3)20-5-9-25(30)10-6-20/h5-13,16-18,27,29H,4,14-15,19H2,1-3H3. The van der Waals surface area contributed by atoms with E-state index in [1.807, 2.05) is 12.1 Å². The van der Waals surface area contributed by atoms with E-state index in [4.69, 9.17) is 4.74 Å². The van der Waals surface area contributed by atoms with E-state index in [0.717, 1.165) is 25.1 Å². The Morgan fingerprint density at radius 2 is 1.76 bits per heavy atom. The summed E-state index contributed by atoms with van der Waals surface area (Å²) < 4.78 is 22.2. The SMILES string of the molecule is CCn1ccc2cc(-c3ccc4c(c3)COC4C(CCN(C)C)c3ccc(F)cc3)ccc21. The van der Waals surface area contributed by atoms with Gasteiger partial charge in [0.2, 0.25) is 0 Å². The molecular weight excluding hydrogens is 411 g/mol. The van der Waals surface area contributed by atoms with E-state index >= 15 is 0 Å². The first-order chi connectivity index (χ1) is 16.0. The van der Waals surface area contributed by atoms with Crippen molar-refractivity contribution in [2.24, 2.45) is 0 Å². The van der Waals surface area contributed by atoms with Crippen LogP contribution in [-0.2, 0) is 17.9 Å². The third-order valence-corrected chi connectivity index (χ3v) is 6.86. The van der Waals surface area contributed by atoms with E-state index in [-0.39, 0.29) is 17.8 Å². The Labute approximate surface area is 195 Å². The van der Waals surface area contributed by atoms with Crippen molar-refractivity contribution in [2.45, 2.75) is 38.5 Å². The van der Waals surface area contributed by atoms with Crippen molar-refractivity contribution in [2.75, 3.05) is 20.6 Å². The molecule has 0 aliphatic carbocycles. The molecule has 0 bridgehead atoms. The van der Waals surface area contributed by atoms with Crippen LogP contribution in [0.3, 0.4) is 0 Å². The van der Waals surface area contributed by atoms with E-state index in [1.54, 1.807) is 12.1 Å². The lowest BCUT2D eigenvalue weighted by molar-refractivity contribution is 0.0420. The normalized spacial score (nSPS) is 16.5. The Morgan fingerprint density at radius 3 is 2.52 bits per heavy atom. The van der Waals surface area contributed by atoms with E-state index in [2.05, 4.69) is 79.1 Å². The Kier molecular flexibility index (Phi) is 6.05. The molecule has 4 aromatic rings. The molecule has 0 spiro atoms. The predicted molar refractivity (Wildman–Crippen MR) is 133 cm³/mol. The molecule has 0 radical (unpaired) electrons. The van der Waals surface area contributed by atoms with Gasteiger partial charge in [-0.1, -0.05) is 30.3 Å². The minimum absolute atomic E-state index is 0.0134. The second-order valence-electron chi connectivity index (χ2n) is 9.27. The average molecular weight is 443 g/mol. The summed E-state index contributed by atoms with van der Waals surface area (Å²) in [7, 11) is 4.17. The molecule has 0 amide bonds. The molecule has 170 valence electrons. The van der Waals surface area contributed by atoms with Crippen molar-refractivity contribution in [1.82, 2.24) is 9.47 Å². The molecule has 4 heteroatoms. The highest BCUT2D eigenvalue weighted by Crippen LogP contribution is 2.44. The van der Waals surface area contributed by atoms with E-state index < -0.39 is 0 Å². The number of fused-ring (bicyclic) bond motifs is 2. The number of hydrogen-bond donors (Lipinski definition) is 0. The van der Waals surface area contributed by atoms with Gasteiger partial charge < -0.3 is 14.2 Å². The third kappa shape index (κ3) is 4.33. The van der Waals surface area contributed by atoms with Crippen molar-refractivity contribution in [1.29, 1.82) is 0 Å². The Bertz CT molecular complexity index is 1260. The molecule has 1 aromatic heterocycles. The topological polar surface area (TPSA) is 17.4 Å². The van der Waals surface area contributed by atoms with Crippen LogP contribution in [0.2, 0.25) is 0 Å². The highest BCUT2D eigenvalue weighted by Gasteiger charge is 2.32. The van der Waals surface area contributed by atoms with Crippen molar-refractivity contribution < 1.29 is 9.13 Å². The fraction of sp³-hybridized carbons (Fsp3) is 0.310. The van der Waals surface area contributed by atoms with Crippen LogP contribution in [0.1, 0.15) is 42.1 Å². The molecule has 3 aromatic carbocycles. The number of hydrogen-bond acceptors (Lipinski definition) is 2. The van der Waals surface area contributed by atoms with Crippen LogP contribution in [0.4, 0.5) is 4.39 Å². The van der Waals surface area contributed by atoms with Crippen LogP contribution in [0.15, 0.2) is 72.9 Å². The number of benzene rings is 3. The van der Waals surface area contributed by atoms with Crippen molar-refractivity contribution >= 4 is 10.9 Å². The molecule has 33 heavy (non-hydrogen) atoms. The summed E-state index contributed by atoms with van der Waals surface area (Å²) in [6.07, 6.45) is 3.09. The number of rotatable bonds is 7. The fourth-order valence-corrected chi connectivity index (χ4v) is 5.05. The number of ether oxygens (including phenoxy) is 1. The first kappa shape index (κ1) is 21.9. The molecule has 0 saturated heterocycles. The maximum absolute atomic E-state index is 13.6. The van der Waals surface area contributed by atoms with E-state index in [0.29, 0.717) is 6.61 Å².